The van der Waals surface area contributed by atoms with Gasteiger partial charge in [0.05, 0.1) is 5.75 Å². The fourth-order valence-electron chi connectivity index (χ4n) is 1.23. The van der Waals surface area contributed by atoms with E-state index in [0.29, 0.717) is 4.64 Å². The molecular formula is C10H16N2S2. The molecule has 0 aliphatic carbocycles. The van der Waals surface area contributed by atoms with E-state index in [1.807, 2.05) is 17.8 Å². The highest BCUT2D eigenvalue weighted by Crippen LogP contribution is 2.09. The maximum absolute atomic E-state index is 5.11. The van der Waals surface area contributed by atoms with Crippen molar-refractivity contribution in [3.8, 4) is 0 Å². The van der Waals surface area contributed by atoms with Gasteiger partial charge in [-0.2, -0.15) is 11.8 Å². The van der Waals surface area contributed by atoms with E-state index in [1.165, 1.54) is 5.69 Å². The molecule has 0 saturated heterocycles. The van der Waals surface area contributed by atoms with Crippen molar-refractivity contribution in [2.75, 3.05) is 5.75 Å². The smallest absolute Gasteiger partial charge is 0.130 e. The molecule has 1 heterocycles. The highest BCUT2D eigenvalue weighted by molar-refractivity contribution is 7.98. The second-order valence-electron chi connectivity index (χ2n) is 3.08. The van der Waals surface area contributed by atoms with Crippen LogP contribution in [-0.4, -0.2) is 15.7 Å². The summed E-state index contributed by atoms with van der Waals surface area (Å²) in [4.78, 5) is 7.61. The fraction of sp³-hybridized carbons (Fsp3) is 0.600. The van der Waals surface area contributed by atoms with Crippen LogP contribution in [0, 0.1) is 4.64 Å². The Morgan fingerprint density at radius 3 is 2.93 bits per heavy atom. The second-order valence-corrected chi connectivity index (χ2v) is 4.77. The summed E-state index contributed by atoms with van der Waals surface area (Å²) in [5, 5.41) is 0. The monoisotopic (exact) mass is 228 g/mol. The average Bonchev–Trinajstić information content (AvgIpc) is 2.14. The lowest BCUT2D eigenvalue weighted by Gasteiger charge is -2.03. The van der Waals surface area contributed by atoms with Gasteiger partial charge in [-0.05, 0) is 18.2 Å². The van der Waals surface area contributed by atoms with Crippen LogP contribution in [0.15, 0.2) is 6.07 Å². The van der Waals surface area contributed by atoms with Crippen molar-refractivity contribution in [3.63, 3.8) is 0 Å². The van der Waals surface area contributed by atoms with Gasteiger partial charge in [-0.15, -0.1) is 0 Å². The van der Waals surface area contributed by atoms with Gasteiger partial charge in [-0.1, -0.05) is 32.5 Å². The van der Waals surface area contributed by atoms with Crippen molar-refractivity contribution >= 4 is 24.0 Å². The number of aromatic nitrogens is 2. The van der Waals surface area contributed by atoms with Crippen LogP contribution >= 0.6 is 24.0 Å². The maximum atomic E-state index is 5.11. The Labute approximate surface area is 94.5 Å². The molecule has 1 aromatic rings. The van der Waals surface area contributed by atoms with Crippen molar-refractivity contribution < 1.29 is 0 Å². The van der Waals surface area contributed by atoms with Gasteiger partial charge >= 0.3 is 0 Å². The van der Waals surface area contributed by atoms with E-state index >= 15 is 0 Å². The SMILES string of the molecule is CCCc1cc(=S)nc(CSCC)[nH]1. The number of aryl methyl sites for hydroxylation is 1. The van der Waals surface area contributed by atoms with Crippen LogP contribution < -0.4 is 0 Å². The van der Waals surface area contributed by atoms with Gasteiger partial charge in [-0.3, -0.25) is 0 Å². The van der Waals surface area contributed by atoms with Crippen LogP contribution in [0.1, 0.15) is 31.8 Å². The standard InChI is InChI=1S/C10H16N2S2/c1-3-5-8-6-10(13)12-9(11-8)7-14-4-2/h6H,3-5,7H2,1-2H3,(H,11,12,13). The van der Waals surface area contributed by atoms with Crippen molar-refractivity contribution in [1.82, 2.24) is 9.97 Å². The van der Waals surface area contributed by atoms with Crippen LogP contribution in [0.25, 0.3) is 0 Å². The van der Waals surface area contributed by atoms with Crippen molar-refractivity contribution in [1.29, 1.82) is 0 Å². The average molecular weight is 228 g/mol. The van der Waals surface area contributed by atoms with Gasteiger partial charge in [0.2, 0.25) is 0 Å². The highest BCUT2D eigenvalue weighted by atomic mass is 32.2. The molecule has 0 amide bonds. The van der Waals surface area contributed by atoms with Crippen molar-refractivity contribution in [2.24, 2.45) is 0 Å². The number of aromatic amines is 1. The molecule has 1 aromatic heterocycles. The normalized spacial score (nSPS) is 10.4. The fourth-order valence-corrected chi connectivity index (χ4v) is 2.02. The van der Waals surface area contributed by atoms with Gasteiger partial charge in [0.25, 0.3) is 0 Å². The summed E-state index contributed by atoms with van der Waals surface area (Å²) in [6.45, 7) is 4.31. The van der Waals surface area contributed by atoms with Crippen LogP contribution in [0.2, 0.25) is 0 Å². The van der Waals surface area contributed by atoms with E-state index < -0.39 is 0 Å². The summed E-state index contributed by atoms with van der Waals surface area (Å²) in [6, 6.07) is 1.96. The molecule has 2 nitrogen and oxygen atoms in total. The van der Waals surface area contributed by atoms with E-state index in [-0.39, 0.29) is 0 Å². The number of nitrogens with zero attached hydrogens (tertiary/aromatic N) is 1. The van der Waals surface area contributed by atoms with Crippen LogP contribution in [0.5, 0.6) is 0 Å². The summed E-state index contributed by atoms with van der Waals surface area (Å²) in [7, 11) is 0. The van der Waals surface area contributed by atoms with Gasteiger partial charge in [0.15, 0.2) is 0 Å². The number of thioether (sulfide) groups is 1. The minimum Gasteiger partial charge on any atom is -0.346 e. The first-order valence-corrected chi connectivity index (χ1v) is 6.49. The van der Waals surface area contributed by atoms with Gasteiger partial charge in [0, 0.05) is 5.69 Å². The summed E-state index contributed by atoms with van der Waals surface area (Å²) in [6.07, 6.45) is 2.19. The van der Waals surface area contributed by atoms with Gasteiger partial charge in [-0.25, -0.2) is 4.98 Å². The van der Waals surface area contributed by atoms with E-state index in [9.17, 15) is 0 Å². The van der Waals surface area contributed by atoms with E-state index in [0.717, 1.165) is 30.2 Å². The van der Waals surface area contributed by atoms with Crippen LogP contribution in [-0.2, 0) is 12.2 Å². The van der Waals surface area contributed by atoms with Gasteiger partial charge < -0.3 is 4.98 Å². The number of H-pyrrole nitrogens is 1. The third-order valence-corrected chi connectivity index (χ3v) is 2.90. The third kappa shape index (κ3) is 3.80. The number of nitrogens with one attached hydrogen (secondary N) is 1. The van der Waals surface area contributed by atoms with Gasteiger partial charge in [0.1, 0.15) is 10.5 Å². The zero-order valence-corrected chi connectivity index (χ0v) is 10.3. The molecule has 14 heavy (non-hydrogen) atoms. The topological polar surface area (TPSA) is 28.7 Å². The quantitative estimate of drug-likeness (QED) is 0.784. The molecule has 0 aliphatic heterocycles. The first-order chi connectivity index (χ1) is 6.76. The first-order valence-electron chi connectivity index (χ1n) is 4.93. The lowest BCUT2D eigenvalue weighted by atomic mass is 10.2. The van der Waals surface area contributed by atoms with E-state index in [2.05, 4.69) is 23.8 Å². The Hall–Kier alpha value is -0.350. The molecule has 0 radical (unpaired) electrons. The zero-order chi connectivity index (χ0) is 10.4. The minimum atomic E-state index is 0.707. The summed E-state index contributed by atoms with van der Waals surface area (Å²) < 4.78 is 0.707. The molecule has 0 spiro atoms. The highest BCUT2D eigenvalue weighted by Gasteiger charge is 1.98. The molecule has 0 unspecified atom stereocenters. The summed E-state index contributed by atoms with van der Waals surface area (Å²) >= 11 is 6.97. The molecule has 78 valence electrons. The minimum absolute atomic E-state index is 0.707. The lowest BCUT2D eigenvalue weighted by Crippen LogP contribution is -1.98. The Balaban J connectivity index is 2.78. The van der Waals surface area contributed by atoms with Crippen LogP contribution in [0.4, 0.5) is 0 Å². The lowest BCUT2D eigenvalue weighted by molar-refractivity contribution is 0.850. The molecule has 1 rings (SSSR count). The van der Waals surface area contributed by atoms with E-state index in [4.69, 9.17) is 12.2 Å². The molecular weight excluding hydrogens is 212 g/mol. The van der Waals surface area contributed by atoms with Crippen molar-refractivity contribution in [3.05, 3.63) is 22.2 Å². The van der Waals surface area contributed by atoms with E-state index in [1.54, 1.807) is 0 Å². The number of hydrogen-bond acceptors (Lipinski definition) is 3. The molecule has 0 fully saturated rings. The predicted molar refractivity (Wildman–Crippen MR) is 65.3 cm³/mol. The largest absolute Gasteiger partial charge is 0.346 e. The maximum Gasteiger partial charge on any atom is 0.130 e. The third-order valence-electron chi connectivity index (χ3n) is 1.81. The Kier molecular flexibility index (Phi) is 5.19. The molecule has 1 N–H and O–H groups in total. The van der Waals surface area contributed by atoms with Crippen molar-refractivity contribution in [2.45, 2.75) is 32.4 Å². The molecule has 0 aliphatic rings. The predicted octanol–water partition coefficient (Wildman–Crippen LogP) is 3.34. The zero-order valence-electron chi connectivity index (χ0n) is 8.67. The summed E-state index contributed by atoms with van der Waals surface area (Å²) in [5.41, 5.74) is 1.21. The Morgan fingerprint density at radius 1 is 1.50 bits per heavy atom. The number of hydrogen-bond donors (Lipinski definition) is 1. The Bertz CT molecular complexity index is 333. The second kappa shape index (κ2) is 6.19. The first kappa shape index (κ1) is 11.7. The molecule has 4 heteroatoms. The Morgan fingerprint density at radius 2 is 2.29 bits per heavy atom. The summed E-state index contributed by atoms with van der Waals surface area (Å²) in [5.74, 6) is 3.05. The van der Waals surface area contributed by atoms with Crippen LogP contribution in [0.3, 0.4) is 0 Å². The molecule has 0 aromatic carbocycles. The molecule has 0 saturated carbocycles. The molecule has 0 atom stereocenters. The number of rotatable bonds is 5. The molecule has 0 bridgehead atoms.